The van der Waals surface area contributed by atoms with Crippen LogP contribution in [-0.4, -0.2) is 47.4 Å². The smallest absolute Gasteiger partial charge is 0.336 e. The van der Waals surface area contributed by atoms with E-state index in [-0.39, 0.29) is 23.4 Å². The van der Waals surface area contributed by atoms with Gasteiger partial charge in [0.25, 0.3) is 5.69 Å². The van der Waals surface area contributed by atoms with E-state index in [0.717, 1.165) is 19.3 Å². The minimum Gasteiger partial charge on any atom is -0.477 e. The van der Waals surface area contributed by atoms with Crippen molar-refractivity contribution >= 4 is 40.8 Å². The highest BCUT2D eigenvalue weighted by molar-refractivity contribution is 6.39. The highest BCUT2D eigenvalue weighted by Gasteiger charge is 2.38. The van der Waals surface area contributed by atoms with Gasteiger partial charge in [-0.2, -0.15) is 0 Å². The number of allylic oxidation sites excluding steroid dienone is 2. The number of benzene rings is 2. The van der Waals surface area contributed by atoms with Crippen molar-refractivity contribution in [1.82, 2.24) is 15.5 Å². The van der Waals surface area contributed by atoms with Gasteiger partial charge in [0.15, 0.2) is 0 Å². The molecule has 0 amide bonds. The Bertz CT molecular complexity index is 1600. The third-order valence-electron chi connectivity index (χ3n) is 7.11. The Labute approximate surface area is 264 Å². The van der Waals surface area contributed by atoms with Crippen LogP contribution in [0.1, 0.15) is 51.0 Å². The molecule has 1 aliphatic rings. The van der Waals surface area contributed by atoms with Crippen LogP contribution in [0.2, 0.25) is 10.0 Å². The zero-order valence-corrected chi connectivity index (χ0v) is 26.0. The fourth-order valence-electron chi connectivity index (χ4n) is 5.03. The molecule has 1 aliphatic heterocycles. The highest BCUT2D eigenvalue weighted by Crippen LogP contribution is 2.40. The van der Waals surface area contributed by atoms with Crippen LogP contribution in [0.15, 0.2) is 71.1 Å². The number of carbonyl (C=O) groups excluding carboxylic acids is 2. The number of H-pyrrole nitrogens is 1. The summed E-state index contributed by atoms with van der Waals surface area (Å²) in [6.07, 6.45) is 3.00. The molecule has 0 saturated heterocycles. The second-order valence-corrected chi connectivity index (χ2v) is 10.9. The lowest BCUT2D eigenvalue weighted by Crippen LogP contribution is -2.32. The number of aromatic amines is 1. The third kappa shape index (κ3) is 7.59. The van der Waals surface area contributed by atoms with Crippen molar-refractivity contribution < 1.29 is 28.7 Å². The quantitative estimate of drug-likeness (QED) is 0.0881. The molecule has 44 heavy (non-hydrogen) atoms. The monoisotopic (exact) mass is 642 g/mol. The van der Waals surface area contributed by atoms with Crippen molar-refractivity contribution in [3.63, 3.8) is 0 Å². The van der Waals surface area contributed by atoms with Crippen molar-refractivity contribution in [3.05, 3.63) is 96.8 Å². The topological polar surface area (TPSA) is 146 Å². The van der Waals surface area contributed by atoms with Crippen LogP contribution >= 0.6 is 23.2 Å². The summed E-state index contributed by atoms with van der Waals surface area (Å²) in [5.74, 6) is -1.73. The van der Waals surface area contributed by atoms with E-state index in [2.05, 4.69) is 15.5 Å². The lowest BCUT2D eigenvalue weighted by Gasteiger charge is -2.30. The van der Waals surface area contributed by atoms with E-state index in [1.54, 1.807) is 44.2 Å². The van der Waals surface area contributed by atoms with Gasteiger partial charge in [0.1, 0.15) is 0 Å². The summed E-state index contributed by atoms with van der Waals surface area (Å²) >= 11 is 12.5. The number of hydrogen-bond donors (Lipinski definition) is 2. The zero-order chi connectivity index (χ0) is 31.8. The van der Waals surface area contributed by atoms with Gasteiger partial charge in [0.2, 0.25) is 5.88 Å². The molecule has 2 N–H and O–H groups in total. The van der Waals surface area contributed by atoms with Gasteiger partial charge in [-0.25, -0.2) is 9.59 Å². The normalized spacial score (nSPS) is 14.7. The largest absolute Gasteiger partial charge is 0.477 e. The van der Waals surface area contributed by atoms with Crippen molar-refractivity contribution in [2.45, 2.75) is 45.4 Å². The number of nitrogens with zero attached hydrogens (tertiary/aromatic N) is 2. The molecule has 232 valence electrons. The first-order chi connectivity index (χ1) is 21.1. The average molecular weight is 644 g/mol. The van der Waals surface area contributed by atoms with Crippen LogP contribution in [0.3, 0.4) is 0 Å². The van der Waals surface area contributed by atoms with Gasteiger partial charge in [-0.1, -0.05) is 41.4 Å². The fourth-order valence-corrected chi connectivity index (χ4v) is 5.63. The van der Waals surface area contributed by atoms with Crippen LogP contribution in [0.5, 0.6) is 5.88 Å². The number of hydrogen-bond acceptors (Lipinski definition) is 9. The van der Waals surface area contributed by atoms with Gasteiger partial charge < -0.3 is 19.5 Å². The molecule has 4 rings (SSSR count). The number of esters is 2. The van der Waals surface area contributed by atoms with E-state index in [1.807, 2.05) is 0 Å². The van der Waals surface area contributed by atoms with Crippen molar-refractivity contribution in [3.8, 4) is 17.1 Å². The van der Waals surface area contributed by atoms with Crippen LogP contribution < -0.4 is 10.1 Å². The van der Waals surface area contributed by atoms with E-state index < -0.39 is 22.8 Å². The fraction of sp³-hybridized carbons (Fsp3) is 0.323. The van der Waals surface area contributed by atoms with E-state index in [4.69, 9.17) is 37.4 Å². The lowest BCUT2D eigenvalue weighted by molar-refractivity contribution is -0.384. The molecule has 2 heterocycles. The molecule has 13 heteroatoms. The first-order valence-electron chi connectivity index (χ1n) is 13.9. The molecule has 0 bridgehead atoms. The van der Waals surface area contributed by atoms with E-state index in [0.29, 0.717) is 57.2 Å². The molecule has 0 fully saturated rings. The SMILES string of the molecule is COC(=O)C1=C(C)NC(C)=C(C(=O)OCCCCCCOc2cc(-c3c(Cl)cccc3Cl)[nH]n2)C1c1cccc([N+](=O)[O-])c1. The Hall–Kier alpha value is -4.35. The zero-order valence-electron chi connectivity index (χ0n) is 24.4. The Morgan fingerprint density at radius 3 is 2.23 bits per heavy atom. The maximum Gasteiger partial charge on any atom is 0.336 e. The number of nitrogens with one attached hydrogen (secondary N) is 2. The number of halogens is 2. The number of unbranched alkanes of at least 4 members (excludes halogenated alkanes) is 3. The second-order valence-electron chi connectivity index (χ2n) is 10.1. The summed E-state index contributed by atoms with van der Waals surface area (Å²) in [6, 6.07) is 12.9. The summed E-state index contributed by atoms with van der Waals surface area (Å²) in [5.41, 5.74) is 2.93. The predicted octanol–water partition coefficient (Wildman–Crippen LogP) is 6.88. The predicted molar refractivity (Wildman–Crippen MR) is 165 cm³/mol. The number of nitro groups is 1. The van der Waals surface area contributed by atoms with E-state index in [1.165, 1.54) is 25.3 Å². The van der Waals surface area contributed by atoms with Gasteiger partial charge in [0.05, 0.1) is 58.1 Å². The molecule has 0 radical (unpaired) electrons. The summed E-state index contributed by atoms with van der Waals surface area (Å²) < 4.78 is 16.3. The van der Waals surface area contributed by atoms with Gasteiger partial charge in [-0.15, -0.1) is 5.10 Å². The maximum absolute atomic E-state index is 13.3. The van der Waals surface area contributed by atoms with Crippen molar-refractivity contribution in [1.29, 1.82) is 0 Å². The summed E-state index contributed by atoms with van der Waals surface area (Å²) in [4.78, 5) is 37.0. The van der Waals surface area contributed by atoms with Crippen molar-refractivity contribution in [2.24, 2.45) is 0 Å². The van der Waals surface area contributed by atoms with Crippen molar-refractivity contribution in [2.75, 3.05) is 20.3 Å². The Balaban J connectivity index is 1.29. The number of nitro benzene ring substituents is 1. The molecule has 0 aliphatic carbocycles. The second kappa shape index (κ2) is 14.9. The molecular weight excluding hydrogens is 611 g/mol. The molecular formula is C31H32Cl2N4O7. The molecule has 0 spiro atoms. The number of carbonyl (C=O) groups is 2. The Morgan fingerprint density at radius 2 is 1.57 bits per heavy atom. The molecule has 2 aromatic carbocycles. The van der Waals surface area contributed by atoms with Gasteiger partial charge >= 0.3 is 11.9 Å². The molecule has 3 aromatic rings. The highest BCUT2D eigenvalue weighted by atomic mass is 35.5. The summed E-state index contributed by atoms with van der Waals surface area (Å²) in [7, 11) is 1.24. The Morgan fingerprint density at radius 1 is 0.932 bits per heavy atom. The van der Waals surface area contributed by atoms with Crippen LogP contribution in [-0.2, 0) is 19.1 Å². The first kappa shape index (κ1) is 32.6. The molecule has 11 nitrogen and oxygen atoms in total. The number of non-ortho nitro benzene ring substituents is 1. The molecule has 1 unspecified atom stereocenters. The molecule has 1 aromatic heterocycles. The number of aromatic nitrogens is 2. The molecule has 1 atom stereocenters. The standard InChI is InChI=1S/C31H32Cl2N4O7/c1-18-26(30(38)42-3)28(20-10-8-11-21(16-20)37(40)41)27(19(2)34-18)31(39)44-15-7-5-4-6-14-43-25-17-24(35-36-25)29-22(32)12-9-13-23(29)33/h8-13,16-17,28,34H,4-7,14-15H2,1-3H3,(H,35,36). The minimum absolute atomic E-state index is 0.157. The van der Waals surface area contributed by atoms with Crippen LogP contribution in [0.25, 0.3) is 11.3 Å². The first-order valence-corrected chi connectivity index (χ1v) is 14.7. The molecule has 0 saturated carbocycles. The third-order valence-corrected chi connectivity index (χ3v) is 7.74. The minimum atomic E-state index is -0.898. The van der Waals surface area contributed by atoms with Gasteiger partial charge in [-0.3, -0.25) is 15.2 Å². The number of rotatable bonds is 13. The number of ether oxygens (including phenoxy) is 3. The number of methoxy groups -OCH3 is 1. The number of dihydropyridines is 1. The lowest BCUT2D eigenvalue weighted by atomic mass is 9.80. The van der Waals surface area contributed by atoms with E-state index >= 15 is 0 Å². The average Bonchev–Trinajstić information content (AvgIpc) is 3.45. The maximum atomic E-state index is 13.3. The van der Waals surface area contributed by atoms with E-state index in [9.17, 15) is 19.7 Å². The van der Waals surface area contributed by atoms with Gasteiger partial charge in [0, 0.05) is 35.2 Å². The van der Waals surface area contributed by atoms with Crippen LogP contribution in [0.4, 0.5) is 5.69 Å². The summed E-state index contributed by atoms with van der Waals surface area (Å²) in [5, 5.41) is 22.6. The van der Waals surface area contributed by atoms with Gasteiger partial charge in [-0.05, 0) is 57.2 Å². The van der Waals surface area contributed by atoms with Crippen LogP contribution in [0, 0.1) is 10.1 Å². The Kier molecular flexibility index (Phi) is 11.0. The summed E-state index contributed by atoms with van der Waals surface area (Å²) in [6.45, 7) is 4.00.